The number of aliphatic imine (C=N–C) groups is 1. The maximum atomic E-state index is 11.5. The molecule has 1 amide bonds. The van der Waals surface area contributed by atoms with E-state index in [1.54, 1.807) is 6.26 Å². The van der Waals surface area contributed by atoms with Gasteiger partial charge in [-0.1, -0.05) is 12.1 Å². The number of furan rings is 1. The lowest BCUT2D eigenvalue weighted by molar-refractivity contribution is -0.122. The Bertz CT molecular complexity index is 769. The average molecular weight is 544 g/mol. The topological polar surface area (TPSA) is 97.1 Å². The fourth-order valence-corrected chi connectivity index (χ4v) is 2.59. The van der Waals surface area contributed by atoms with Crippen LogP contribution < -0.4 is 20.7 Å². The molecule has 0 atom stereocenters. The van der Waals surface area contributed by atoms with Gasteiger partial charge in [-0.15, -0.1) is 24.0 Å². The smallest absolute Gasteiger partial charge is 0.257 e. The Hall–Kier alpha value is -2.27. The Morgan fingerprint density at radius 2 is 1.94 bits per heavy atom. The maximum absolute atomic E-state index is 11.5. The molecule has 0 saturated heterocycles. The van der Waals surface area contributed by atoms with E-state index in [0.29, 0.717) is 32.1 Å². The monoisotopic (exact) mass is 544 g/mol. The Balaban J connectivity index is 0.00000480. The summed E-state index contributed by atoms with van der Waals surface area (Å²) in [5.41, 5.74) is 1.00. The normalized spacial score (nSPS) is 10.8. The number of hydrogen-bond acceptors (Lipinski definition) is 5. The summed E-state index contributed by atoms with van der Waals surface area (Å²) in [4.78, 5) is 16.1. The number of likely N-dealkylation sites (N-methyl/N-ethyl adjacent to an activating group) is 1. The van der Waals surface area contributed by atoms with Crippen molar-refractivity contribution in [1.82, 2.24) is 16.0 Å². The minimum atomic E-state index is -0.132. The van der Waals surface area contributed by atoms with Crippen molar-refractivity contribution in [1.29, 1.82) is 0 Å². The molecule has 8 nitrogen and oxygen atoms in total. The molecule has 0 radical (unpaired) electrons. The van der Waals surface area contributed by atoms with Gasteiger partial charge in [0.1, 0.15) is 18.1 Å². The zero-order valence-electron chi connectivity index (χ0n) is 18.2. The van der Waals surface area contributed by atoms with Gasteiger partial charge in [0.15, 0.2) is 12.6 Å². The molecule has 0 aliphatic heterocycles. The van der Waals surface area contributed by atoms with E-state index in [-0.39, 0.29) is 36.5 Å². The number of amides is 1. The summed E-state index contributed by atoms with van der Waals surface area (Å²) in [6.45, 7) is 7.65. The van der Waals surface area contributed by atoms with Crippen LogP contribution in [0.15, 0.2) is 52.1 Å². The van der Waals surface area contributed by atoms with Crippen LogP contribution in [0.1, 0.15) is 31.6 Å². The first-order chi connectivity index (χ1) is 14.7. The van der Waals surface area contributed by atoms with E-state index in [1.165, 1.54) is 0 Å². The van der Waals surface area contributed by atoms with Gasteiger partial charge in [-0.2, -0.15) is 0 Å². The minimum absolute atomic E-state index is 0. The third-order valence-electron chi connectivity index (χ3n) is 3.99. The van der Waals surface area contributed by atoms with Crippen molar-refractivity contribution in [3.8, 4) is 5.75 Å². The van der Waals surface area contributed by atoms with Crippen molar-refractivity contribution >= 4 is 35.8 Å². The average Bonchev–Trinajstić information content (AvgIpc) is 3.27. The Kier molecular flexibility index (Phi) is 14.2. The number of ether oxygens (including phenoxy) is 2. The third-order valence-corrected chi connectivity index (χ3v) is 3.99. The highest BCUT2D eigenvalue weighted by Crippen LogP contribution is 2.14. The van der Waals surface area contributed by atoms with Crippen molar-refractivity contribution in [2.24, 2.45) is 4.99 Å². The molecule has 0 aliphatic carbocycles. The molecule has 0 fully saturated rings. The Morgan fingerprint density at radius 1 is 1.10 bits per heavy atom. The summed E-state index contributed by atoms with van der Waals surface area (Å²) in [5.74, 6) is 2.10. The summed E-state index contributed by atoms with van der Waals surface area (Å²) in [5, 5.41) is 9.25. The van der Waals surface area contributed by atoms with Crippen molar-refractivity contribution in [3.05, 3.63) is 54.0 Å². The van der Waals surface area contributed by atoms with Gasteiger partial charge in [0, 0.05) is 26.2 Å². The van der Waals surface area contributed by atoms with Crippen LogP contribution in [-0.2, 0) is 22.7 Å². The highest BCUT2D eigenvalue weighted by Gasteiger charge is 2.03. The van der Waals surface area contributed by atoms with Crippen LogP contribution in [-0.4, -0.2) is 44.7 Å². The summed E-state index contributed by atoms with van der Waals surface area (Å²) < 4.78 is 16.3. The number of guanidine groups is 1. The molecule has 0 unspecified atom stereocenters. The quantitative estimate of drug-likeness (QED) is 0.155. The van der Waals surface area contributed by atoms with Crippen LogP contribution in [0.4, 0.5) is 0 Å². The highest BCUT2D eigenvalue weighted by atomic mass is 127. The van der Waals surface area contributed by atoms with Gasteiger partial charge in [0.05, 0.1) is 12.8 Å². The lowest BCUT2D eigenvalue weighted by Gasteiger charge is -2.12. The van der Waals surface area contributed by atoms with E-state index in [0.717, 1.165) is 36.8 Å². The second kappa shape index (κ2) is 16.4. The van der Waals surface area contributed by atoms with Crippen molar-refractivity contribution in [2.45, 2.75) is 33.4 Å². The van der Waals surface area contributed by atoms with Gasteiger partial charge >= 0.3 is 0 Å². The number of rotatable bonds is 13. The second-order valence-electron chi connectivity index (χ2n) is 6.50. The van der Waals surface area contributed by atoms with Gasteiger partial charge in [0.2, 0.25) is 0 Å². The number of benzene rings is 1. The van der Waals surface area contributed by atoms with E-state index >= 15 is 0 Å². The molecule has 0 bridgehead atoms. The number of halogens is 1. The number of nitrogens with one attached hydrogen (secondary N) is 3. The van der Waals surface area contributed by atoms with Crippen LogP contribution in [0, 0.1) is 0 Å². The number of nitrogens with zero attached hydrogens (tertiary/aromatic N) is 1. The largest absolute Gasteiger partial charge is 0.484 e. The van der Waals surface area contributed by atoms with E-state index in [4.69, 9.17) is 13.9 Å². The molecule has 0 aliphatic rings. The van der Waals surface area contributed by atoms with E-state index in [2.05, 4.69) is 20.9 Å². The van der Waals surface area contributed by atoms with E-state index in [1.807, 2.05) is 50.2 Å². The number of hydrogen-bond donors (Lipinski definition) is 3. The molecular weight excluding hydrogens is 511 g/mol. The van der Waals surface area contributed by atoms with Gasteiger partial charge < -0.3 is 29.8 Å². The maximum Gasteiger partial charge on any atom is 0.257 e. The number of carbonyl (C=O) groups excluding carboxylic acids is 1. The molecule has 0 spiro atoms. The summed E-state index contributed by atoms with van der Waals surface area (Å²) in [7, 11) is 0. The molecule has 9 heteroatoms. The predicted molar refractivity (Wildman–Crippen MR) is 132 cm³/mol. The molecule has 2 aromatic rings. The molecule has 1 aromatic carbocycles. The SMILES string of the molecule is CCNC(=O)COc1cccc(CN=C(NCC)NCCCOCc2ccco2)c1.I. The molecule has 0 saturated carbocycles. The van der Waals surface area contributed by atoms with Gasteiger partial charge in [0.25, 0.3) is 5.91 Å². The second-order valence-corrected chi connectivity index (χ2v) is 6.50. The fourth-order valence-electron chi connectivity index (χ4n) is 2.59. The highest BCUT2D eigenvalue weighted by molar-refractivity contribution is 14.0. The fraction of sp³-hybridized carbons (Fsp3) is 0.455. The summed E-state index contributed by atoms with van der Waals surface area (Å²) in [6.07, 6.45) is 2.50. The first-order valence-corrected chi connectivity index (χ1v) is 10.3. The number of carbonyl (C=O) groups is 1. The predicted octanol–water partition coefficient (Wildman–Crippen LogP) is 3.07. The summed E-state index contributed by atoms with van der Waals surface area (Å²) in [6, 6.07) is 11.4. The molecule has 1 aromatic heterocycles. The van der Waals surface area contributed by atoms with Crippen LogP contribution in [0.5, 0.6) is 5.75 Å². The third kappa shape index (κ3) is 11.6. The van der Waals surface area contributed by atoms with Crippen LogP contribution in [0.2, 0.25) is 0 Å². The molecular formula is C22H33IN4O4. The zero-order valence-corrected chi connectivity index (χ0v) is 20.5. The van der Waals surface area contributed by atoms with Crippen molar-refractivity contribution < 1.29 is 18.7 Å². The van der Waals surface area contributed by atoms with Crippen LogP contribution >= 0.6 is 24.0 Å². The Morgan fingerprint density at radius 3 is 2.68 bits per heavy atom. The molecule has 3 N–H and O–H groups in total. The van der Waals surface area contributed by atoms with Crippen LogP contribution in [0.25, 0.3) is 0 Å². The van der Waals surface area contributed by atoms with Crippen LogP contribution in [0.3, 0.4) is 0 Å². The Labute approximate surface area is 201 Å². The van der Waals surface area contributed by atoms with Gasteiger partial charge in [-0.25, -0.2) is 4.99 Å². The van der Waals surface area contributed by atoms with E-state index < -0.39 is 0 Å². The lowest BCUT2D eigenvalue weighted by atomic mass is 10.2. The molecule has 1 heterocycles. The molecule has 172 valence electrons. The molecule has 2 rings (SSSR count). The minimum Gasteiger partial charge on any atom is -0.484 e. The summed E-state index contributed by atoms with van der Waals surface area (Å²) >= 11 is 0. The zero-order chi connectivity index (χ0) is 21.4. The van der Waals surface area contributed by atoms with Gasteiger partial charge in [-0.05, 0) is 50.1 Å². The molecule has 31 heavy (non-hydrogen) atoms. The van der Waals surface area contributed by atoms with Gasteiger partial charge in [-0.3, -0.25) is 4.79 Å². The first kappa shape index (κ1) is 26.8. The lowest BCUT2D eigenvalue weighted by Crippen LogP contribution is -2.38. The first-order valence-electron chi connectivity index (χ1n) is 10.3. The van der Waals surface area contributed by atoms with Crippen molar-refractivity contribution in [2.75, 3.05) is 32.8 Å². The van der Waals surface area contributed by atoms with Crippen molar-refractivity contribution in [3.63, 3.8) is 0 Å². The standard InChI is InChI=1S/C22H32N4O4.HI/c1-3-23-21(27)17-30-19-9-5-8-18(14-19)15-26-22(24-4-2)25-11-7-12-28-16-20-10-6-13-29-20;/h5-6,8-10,13-14H,3-4,7,11-12,15-17H2,1-2H3,(H,23,27)(H2,24,25,26);1H. The van der Waals surface area contributed by atoms with E-state index in [9.17, 15) is 4.79 Å².